The molecular weight excluding hydrogens is 200 g/mol. The van der Waals surface area contributed by atoms with Crippen molar-refractivity contribution in [3.8, 4) is 0 Å². The normalized spacial score (nSPS) is 20.7. The van der Waals surface area contributed by atoms with Crippen LogP contribution in [0.15, 0.2) is 9.85 Å². The molecule has 0 spiro atoms. The highest BCUT2D eigenvalue weighted by atomic mass is 32.2. The molecule has 2 nitrogen and oxygen atoms in total. The van der Waals surface area contributed by atoms with Crippen molar-refractivity contribution in [2.24, 2.45) is 5.92 Å². The van der Waals surface area contributed by atoms with Crippen LogP contribution in [0.1, 0.15) is 32.6 Å². The molecule has 1 fully saturated rings. The van der Waals surface area contributed by atoms with Crippen LogP contribution in [-0.4, -0.2) is 15.4 Å². The lowest BCUT2D eigenvalue weighted by Crippen LogP contribution is -2.09. The fourth-order valence-corrected chi connectivity index (χ4v) is 3.86. The molecular formula is C9H14N2S2. The average molecular weight is 214 g/mol. The molecule has 0 radical (unpaired) electrons. The molecule has 0 aromatic carbocycles. The minimum absolute atomic E-state index is 0.718. The van der Waals surface area contributed by atoms with Crippen LogP contribution in [0, 0.1) is 5.92 Å². The van der Waals surface area contributed by atoms with Gasteiger partial charge in [-0.3, -0.25) is 0 Å². The zero-order valence-corrected chi connectivity index (χ0v) is 9.40. The van der Waals surface area contributed by atoms with Gasteiger partial charge in [0.25, 0.3) is 0 Å². The summed E-state index contributed by atoms with van der Waals surface area (Å²) in [5.74, 6) is 0.911. The van der Waals surface area contributed by atoms with Gasteiger partial charge in [-0.25, -0.2) is 0 Å². The number of aromatic nitrogens is 2. The lowest BCUT2D eigenvalue weighted by atomic mass is 10.1. The van der Waals surface area contributed by atoms with E-state index in [1.165, 1.54) is 25.7 Å². The number of hydrogen-bond acceptors (Lipinski definition) is 4. The van der Waals surface area contributed by atoms with Crippen LogP contribution in [0.4, 0.5) is 0 Å². The molecule has 72 valence electrons. The fraction of sp³-hybridized carbons (Fsp3) is 0.778. The lowest BCUT2D eigenvalue weighted by molar-refractivity contribution is 0.544. The van der Waals surface area contributed by atoms with Gasteiger partial charge < -0.3 is 0 Å². The third kappa shape index (κ3) is 2.44. The van der Waals surface area contributed by atoms with Gasteiger partial charge >= 0.3 is 0 Å². The van der Waals surface area contributed by atoms with Crippen LogP contribution in [0.3, 0.4) is 0 Å². The maximum Gasteiger partial charge on any atom is 0.174 e. The molecule has 1 saturated carbocycles. The minimum Gasteiger partial charge on any atom is -0.146 e. The minimum atomic E-state index is 0.718. The first-order valence-electron chi connectivity index (χ1n) is 4.79. The number of nitrogens with zero attached hydrogens (tertiary/aromatic N) is 2. The van der Waals surface area contributed by atoms with E-state index in [0.29, 0.717) is 0 Å². The monoisotopic (exact) mass is 214 g/mol. The molecule has 1 unspecified atom stereocenters. The van der Waals surface area contributed by atoms with Crippen molar-refractivity contribution in [2.75, 3.05) is 0 Å². The number of thioether (sulfide) groups is 1. The van der Waals surface area contributed by atoms with E-state index >= 15 is 0 Å². The van der Waals surface area contributed by atoms with E-state index in [0.717, 1.165) is 15.5 Å². The van der Waals surface area contributed by atoms with Crippen molar-refractivity contribution in [2.45, 2.75) is 42.2 Å². The van der Waals surface area contributed by atoms with Crippen LogP contribution in [-0.2, 0) is 0 Å². The quantitative estimate of drug-likeness (QED) is 0.723. The Kier molecular flexibility index (Phi) is 3.22. The molecule has 1 aliphatic rings. The number of rotatable bonds is 3. The van der Waals surface area contributed by atoms with Crippen molar-refractivity contribution in [3.63, 3.8) is 0 Å². The van der Waals surface area contributed by atoms with Gasteiger partial charge in [-0.1, -0.05) is 42.9 Å². The highest BCUT2D eigenvalue weighted by molar-refractivity contribution is 8.01. The topological polar surface area (TPSA) is 25.8 Å². The summed E-state index contributed by atoms with van der Waals surface area (Å²) in [6, 6.07) is 0. The lowest BCUT2D eigenvalue weighted by Gasteiger charge is -2.15. The van der Waals surface area contributed by atoms with Crippen LogP contribution in [0.5, 0.6) is 0 Å². The molecule has 0 amide bonds. The summed E-state index contributed by atoms with van der Waals surface area (Å²) < 4.78 is 1.12. The maximum atomic E-state index is 4.06. The smallest absolute Gasteiger partial charge is 0.146 e. The Hall–Kier alpha value is -0.0900. The van der Waals surface area contributed by atoms with Gasteiger partial charge in [-0.2, -0.15) is 0 Å². The fourth-order valence-electron chi connectivity index (χ4n) is 1.90. The van der Waals surface area contributed by atoms with Crippen molar-refractivity contribution in [3.05, 3.63) is 5.51 Å². The summed E-state index contributed by atoms with van der Waals surface area (Å²) in [5, 5.41) is 8.63. The maximum absolute atomic E-state index is 4.06. The van der Waals surface area contributed by atoms with E-state index in [9.17, 15) is 0 Å². The Labute approximate surface area is 87.2 Å². The van der Waals surface area contributed by atoms with Gasteiger partial charge in [-0.05, 0) is 18.8 Å². The molecule has 1 aromatic rings. The first-order valence-corrected chi connectivity index (χ1v) is 6.55. The van der Waals surface area contributed by atoms with Gasteiger partial charge in [0.1, 0.15) is 5.51 Å². The third-order valence-electron chi connectivity index (χ3n) is 2.69. The zero-order valence-electron chi connectivity index (χ0n) is 7.77. The van der Waals surface area contributed by atoms with E-state index < -0.39 is 0 Å². The van der Waals surface area contributed by atoms with E-state index in [2.05, 4.69) is 17.1 Å². The van der Waals surface area contributed by atoms with E-state index in [-0.39, 0.29) is 0 Å². The van der Waals surface area contributed by atoms with Gasteiger partial charge in [0.05, 0.1) is 0 Å². The Morgan fingerprint density at radius 2 is 2.31 bits per heavy atom. The highest BCUT2D eigenvalue weighted by Crippen LogP contribution is 2.37. The highest BCUT2D eigenvalue weighted by Gasteiger charge is 2.22. The van der Waals surface area contributed by atoms with E-state index in [1.54, 1.807) is 11.3 Å². The molecule has 0 N–H and O–H groups in total. The second kappa shape index (κ2) is 4.42. The predicted octanol–water partition coefficient (Wildman–Crippen LogP) is 3.21. The summed E-state index contributed by atoms with van der Waals surface area (Å²) >= 11 is 3.54. The van der Waals surface area contributed by atoms with Gasteiger partial charge in [0, 0.05) is 5.25 Å². The second-order valence-corrected chi connectivity index (χ2v) is 6.03. The van der Waals surface area contributed by atoms with Crippen molar-refractivity contribution >= 4 is 23.1 Å². The Bertz CT molecular complexity index is 242. The van der Waals surface area contributed by atoms with Gasteiger partial charge in [0.15, 0.2) is 4.34 Å². The molecule has 1 aromatic heterocycles. The van der Waals surface area contributed by atoms with Gasteiger partial charge in [0.2, 0.25) is 0 Å². The van der Waals surface area contributed by atoms with Crippen LogP contribution >= 0.6 is 23.1 Å². The SMILES string of the molecule is CC(Sc1nncs1)C1CCCC1. The van der Waals surface area contributed by atoms with Crippen LogP contribution < -0.4 is 0 Å². The Morgan fingerprint density at radius 3 is 2.92 bits per heavy atom. The Morgan fingerprint density at radius 1 is 1.54 bits per heavy atom. The van der Waals surface area contributed by atoms with Crippen molar-refractivity contribution < 1.29 is 0 Å². The van der Waals surface area contributed by atoms with Crippen LogP contribution in [0.25, 0.3) is 0 Å². The van der Waals surface area contributed by atoms with E-state index in [1.807, 2.05) is 17.3 Å². The molecule has 1 atom stereocenters. The summed E-state index contributed by atoms with van der Waals surface area (Å²) in [5.41, 5.74) is 1.81. The Balaban J connectivity index is 1.87. The largest absolute Gasteiger partial charge is 0.174 e. The molecule has 13 heavy (non-hydrogen) atoms. The molecule has 4 heteroatoms. The molecule has 1 aliphatic carbocycles. The number of hydrogen-bond donors (Lipinski definition) is 0. The van der Waals surface area contributed by atoms with Crippen molar-refractivity contribution in [1.82, 2.24) is 10.2 Å². The molecule has 0 saturated heterocycles. The zero-order chi connectivity index (χ0) is 9.10. The van der Waals surface area contributed by atoms with Crippen LogP contribution in [0.2, 0.25) is 0 Å². The summed E-state index contributed by atoms with van der Waals surface area (Å²) in [6.45, 7) is 2.32. The predicted molar refractivity (Wildman–Crippen MR) is 57.2 cm³/mol. The average Bonchev–Trinajstić information content (AvgIpc) is 2.74. The first-order chi connectivity index (χ1) is 6.36. The van der Waals surface area contributed by atoms with E-state index in [4.69, 9.17) is 0 Å². The third-order valence-corrected chi connectivity index (χ3v) is 4.79. The van der Waals surface area contributed by atoms with Gasteiger partial charge in [-0.15, -0.1) is 10.2 Å². The summed E-state index contributed by atoms with van der Waals surface area (Å²) in [4.78, 5) is 0. The molecule has 1 heterocycles. The molecule has 0 bridgehead atoms. The second-order valence-electron chi connectivity index (χ2n) is 3.57. The summed E-state index contributed by atoms with van der Waals surface area (Å²) in [6.07, 6.45) is 5.66. The van der Waals surface area contributed by atoms with Crippen molar-refractivity contribution in [1.29, 1.82) is 0 Å². The standard InChI is InChI=1S/C9H14N2S2/c1-7(8-4-2-3-5-8)13-9-11-10-6-12-9/h6-8H,2-5H2,1H3. The molecule has 0 aliphatic heterocycles. The molecule has 2 rings (SSSR count). The first kappa shape index (κ1) is 9.46. The summed E-state index contributed by atoms with van der Waals surface area (Å²) in [7, 11) is 0.